The molecule has 29 heavy (non-hydrogen) atoms. The molecule has 1 amide bonds. The predicted molar refractivity (Wildman–Crippen MR) is 115 cm³/mol. The number of benzene rings is 2. The number of aryl methyl sites for hydroxylation is 1. The summed E-state index contributed by atoms with van der Waals surface area (Å²) >= 11 is 7.47. The average Bonchev–Trinajstić information content (AvgIpc) is 3.30. The smallest absolute Gasteiger partial charge is 0.263 e. The Bertz CT molecular complexity index is 1170. The first-order valence-electron chi connectivity index (χ1n) is 9.01. The molecule has 0 saturated carbocycles. The average molecular weight is 424 g/mol. The number of para-hydroxylation sites is 1. The van der Waals surface area contributed by atoms with Gasteiger partial charge in [-0.3, -0.25) is 4.79 Å². The molecule has 0 aliphatic heterocycles. The molecule has 8 heteroatoms. The largest absolute Gasteiger partial charge is 0.347 e. The van der Waals surface area contributed by atoms with E-state index in [0.29, 0.717) is 32.8 Å². The predicted octanol–water partition coefficient (Wildman–Crippen LogP) is 4.59. The second-order valence-corrected chi connectivity index (χ2v) is 7.88. The number of halogens is 1. The lowest BCUT2D eigenvalue weighted by Crippen LogP contribution is -2.22. The summed E-state index contributed by atoms with van der Waals surface area (Å²) in [5.74, 6) is -0.181. The van der Waals surface area contributed by atoms with E-state index < -0.39 is 0 Å². The molecule has 0 unspecified atom stereocenters. The molecule has 0 aliphatic carbocycles. The number of carbonyl (C=O) groups is 1. The Balaban J connectivity index is 1.56. The summed E-state index contributed by atoms with van der Waals surface area (Å²) in [6.07, 6.45) is 0. The Morgan fingerprint density at radius 2 is 1.83 bits per heavy atom. The van der Waals surface area contributed by atoms with Crippen LogP contribution in [0.1, 0.15) is 26.6 Å². The van der Waals surface area contributed by atoms with E-state index >= 15 is 0 Å². The molecular formula is C21H18ClN5OS. The van der Waals surface area contributed by atoms with Crippen molar-refractivity contribution in [2.75, 3.05) is 0 Å². The van der Waals surface area contributed by atoms with Crippen LogP contribution in [0.15, 0.2) is 54.6 Å². The van der Waals surface area contributed by atoms with Gasteiger partial charge in [-0.1, -0.05) is 53.2 Å². The van der Waals surface area contributed by atoms with Gasteiger partial charge in [0.25, 0.3) is 5.91 Å². The molecule has 0 aliphatic rings. The van der Waals surface area contributed by atoms with Crippen LogP contribution >= 0.6 is 22.9 Å². The Hall–Kier alpha value is -3.03. The summed E-state index contributed by atoms with van der Waals surface area (Å²) in [6, 6.07) is 17.2. The van der Waals surface area contributed by atoms with Crippen LogP contribution in [0.4, 0.5) is 0 Å². The lowest BCUT2D eigenvalue weighted by Gasteiger charge is -2.05. The van der Waals surface area contributed by atoms with Crippen LogP contribution in [-0.2, 0) is 6.54 Å². The highest BCUT2D eigenvalue weighted by Gasteiger charge is 2.20. The fourth-order valence-electron chi connectivity index (χ4n) is 2.95. The molecule has 0 atom stereocenters. The van der Waals surface area contributed by atoms with E-state index in [1.807, 2.05) is 62.4 Å². The molecule has 146 valence electrons. The number of nitrogens with zero attached hydrogens (tertiary/aromatic N) is 4. The molecule has 4 aromatic rings. The lowest BCUT2D eigenvalue weighted by atomic mass is 10.2. The van der Waals surface area contributed by atoms with Crippen LogP contribution < -0.4 is 5.32 Å². The van der Waals surface area contributed by atoms with Gasteiger partial charge in [-0.2, -0.15) is 0 Å². The van der Waals surface area contributed by atoms with Crippen LogP contribution in [0.25, 0.3) is 16.4 Å². The first-order chi connectivity index (χ1) is 14.0. The van der Waals surface area contributed by atoms with Crippen molar-refractivity contribution in [3.8, 4) is 16.4 Å². The normalized spacial score (nSPS) is 10.9. The number of nitrogens with one attached hydrogen (secondary N) is 1. The van der Waals surface area contributed by atoms with Crippen LogP contribution in [0.2, 0.25) is 5.02 Å². The molecule has 6 nitrogen and oxygen atoms in total. The fraction of sp³-hybridized carbons (Fsp3) is 0.143. The molecule has 4 rings (SSSR count). The molecule has 2 aromatic carbocycles. The van der Waals surface area contributed by atoms with E-state index in [1.165, 1.54) is 11.3 Å². The standard InChI is InChI=1S/C21H18ClN5OS/c1-13-19(20(28)23-12-15-8-6-7-11-17(15)22)29-21(24-13)18-14(2)27(26-25-18)16-9-4-3-5-10-16/h3-11H,12H2,1-2H3,(H,23,28). The fourth-order valence-corrected chi connectivity index (χ4v) is 4.17. The van der Waals surface area contributed by atoms with Crippen molar-refractivity contribution in [2.45, 2.75) is 20.4 Å². The zero-order valence-corrected chi connectivity index (χ0v) is 17.5. The summed E-state index contributed by atoms with van der Waals surface area (Å²) in [4.78, 5) is 17.8. The van der Waals surface area contributed by atoms with Crippen molar-refractivity contribution in [1.82, 2.24) is 25.3 Å². The van der Waals surface area contributed by atoms with E-state index in [0.717, 1.165) is 16.9 Å². The summed E-state index contributed by atoms with van der Waals surface area (Å²) in [5, 5.41) is 12.8. The molecule has 2 heterocycles. The highest BCUT2D eigenvalue weighted by atomic mass is 35.5. The van der Waals surface area contributed by atoms with Crippen molar-refractivity contribution >= 4 is 28.8 Å². The summed E-state index contributed by atoms with van der Waals surface area (Å²) in [7, 11) is 0. The maximum absolute atomic E-state index is 12.7. The molecule has 0 fully saturated rings. The van der Waals surface area contributed by atoms with Crippen molar-refractivity contribution in [3.63, 3.8) is 0 Å². The molecular weight excluding hydrogens is 406 g/mol. The molecule has 0 bridgehead atoms. The number of amides is 1. The van der Waals surface area contributed by atoms with Crippen LogP contribution in [0.3, 0.4) is 0 Å². The number of thiazole rings is 1. The van der Waals surface area contributed by atoms with Crippen LogP contribution in [0, 0.1) is 13.8 Å². The number of hydrogen-bond donors (Lipinski definition) is 1. The van der Waals surface area contributed by atoms with Crippen molar-refractivity contribution in [2.24, 2.45) is 0 Å². The Kier molecular flexibility index (Phi) is 5.42. The van der Waals surface area contributed by atoms with Crippen molar-refractivity contribution in [1.29, 1.82) is 0 Å². The third-order valence-corrected chi connectivity index (χ3v) is 6.03. The monoisotopic (exact) mass is 423 g/mol. The van der Waals surface area contributed by atoms with Gasteiger partial charge in [-0.25, -0.2) is 9.67 Å². The number of rotatable bonds is 5. The SMILES string of the molecule is Cc1nc(-c2nnn(-c3ccccc3)c2C)sc1C(=O)NCc1ccccc1Cl. The minimum absolute atomic E-state index is 0.181. The van der Waals surface area contributed by atoms with Gasteiger partial charge in [0.05, 0.1) is 17.1 Å². The molecule has 0 spiro atoms. The summed E-state index contributed by atoms with van der Waals surface area (Å²) < 4.78 is 1.77. The zero-order valence-electron chi connectivity index (χ0n) is 15.9. The third kappa shape index (κ3) is 3.92. The molecule has 2 aromatic heterocycles. The van der Waals surface area contributed by atoms with Gasteiger partial charge < -0.3 is 5.32 Å². The quantitative estimate of drug-likeness (QED) is 0.509. The van der Waals surface area contributed by atoms with E-state index in [2.05, 4.69) is 20.6 Å². The zero-order chi connectivity index (χ0) is 20.4. The highest BCUT2D eigenvalue weighted by molar-refractivity contribution is 7.17. The van der Waals surface area contributed by atoms with E-state index in [9.17, 15) is 4.79 Å². The van der Waals surface area contributed by atoms with Crippen LogP contribution in [-0.4, -0.2) is 25.9 Å². The maximum Gasteiger partial charge on any atom is 0.263 e. The Morgan fingerprint density at radius 3 is 2.59 bits per heavy atom. The summed E-state index contributed by atoms with van der Waals surface area (Å²) in [5.41, 5.74) is 4.00. The van der Waals surface area contributed by atoms with E-state index in [-0.39, 0.29) is 5.91 Å². The topological polar surface area (TPSA) is 72.7 Å². The van der Waals surface area contributed by atoms with Gasteiger partial charge in [-0.05, 0) is 37.6 Å². The Labute approximate surface area is 177 Å². The Morgan fingerprint density at radius 1 is 1.10 bits per heavy atom. The van der Waals surface area contributed by atoms with E-state index in [4.69, 9.17) is 11.6 Å². The minimum atomic E-state index is -0.181. The van der Waals surface area contributed by atoms with Gasteiger partial charge in [0.15, 0.2) is 0 Å². The minimum Gasteiger partial charge on any atom is -0.347 e. The molecule has 1 N–H and O–H groups in total. The maximum atomic E-state index is 12.7. The van der Waals surface area contributed by atoms with Gasteiger partial charge in [0, 0.05) is 11.6 Å². The first-order valence-corrected chi connectivity index (χ1v) is 10.2. The van der Waals surface area contributed by atoms with Gasteiger partial charge in [0.2, 0.25) is 0 Å². The second kappa shape index (κ2) is 8.14. The van der Waals surface area contributed by atoms with Crippen molar-refractivity contribution in [3.05, 3.63) is 81.4 Å². The van der Waals surface area contributed by atoms with Gasteiger partial charge in [-0.15, -0.1) is 16.4 Å². The van der Waals surface area contributed by atoms with Crippen molar-refractivity contribution < 1.29 is 4.79 Å². The number of carbonyl (C=O) groups excluding carboxylic acids is 1. The highest BCUT2D eigenvalue weighted by Crippen LogP contribution is 2.29. The number of aromatic nitrogens is 4. The van der Waals surface area contributed by atoms with Crippen LogP contribution in [0.5, 0.6) is 0 Å². The van der Waals surface area contributed by atoms with Gasteiger partial charge in [0.1, 0.15) is 15.6 Å². The first kappa shape index (κ1) is 19.3. The molecule has 0 saturated heterocycles. The van der Waals surface area contributed by atoms with Gasteiger partial charge >= 0.3 is 0 Å². The third-order valence-electron chi connectivity index (χ3n) is 4.50. The summed E-state index contributed by atoms with van der Waals surface area (Å²) in [6.45, 7) is 4.12. The van der Waals surface area contributed by atoms with E-state index in [1.54, 1.807) is 10.7 Å². The number of hydrogen-bond acceptors (Lipinski definition) is 5. The second-order valence-electron chi connectivity index (χ2n) is 6.48. The lowest BCUT2D eigenvalue weighted by molar-refractivity contribution is 0.0954. The molecule has 0 radical (unpaired) electrons.